The van der Waals surface area contributed by atoms with E-state index in [2.05, 4.69) is 10.3 Å². The number of carbonyl (C=O) groups excluding carboxylic acids is 1. The maximum atomic E-state index is 13.4. The molecule has 1 aromatic heterocycles. The van der Waals surface area contributed by atoms with E-state index in [0.29, 0.717) is 11.6 Å². The third-order valence-corrected chi connectivity index (χ3v) is 2.53. The van der Waals surface area contributed by atoms with Crippen molar-refractivity contribution in [2.45, 2.75) is 6.61 Å². The number of halogens is 3. The van der Waals surface area contributed by atoms with Gasteiger partial charge in [-0.2, -0.15) is 0 Å². The van der Waals surface area contributed by atoms with E-state index >= 15 is 0 Å². The lowest BCUT2D eigenvalue weighted by Gasteiger charge is -2.07. The fraction of sp³-hybridized carbons (Fsp3) is 0.0769. The van der Waals surface area contributed by atoms with Gasteiger partial charge < -0.3 is 10.4 Å². The molecule has 1 heterocycles. The number of anilines is 1. The molecule has 0 saturated carbocycles. The number of pyridine rings is 1. The van der Waals surface area contributed by atoms with Crippen LogP contribution in [-0.2, 0) is 6.61 Å². The second-order valence-electron chi connectivity index (χ2n) is 3.88. The number of nitrogens with one attached hydrogen (secondary N) is 1. The molecule has 0 bridgehead atoms. The number of nitrogens with zero attached hydrogens (tertiary/aromatic N) is 1. The van der Waals surface area contributed by atoms with Gasteiger partial charge in [-0.3, -0.25) is 4.79 Å². The normalized spacial score (nSPS) is 10.4. The van der Waals surface area contributed by atoms with Gasteiger partial charge in [0.2, 0.25) is 0 Å². The molecule has 0 atom stereocenters. The summed E-state index contributed by atoms with van der Waals surface area (Å²) in [4.78, 5) is 15.5. The lowest BCUT2D eigenvalue weighted by molar-refractivity contribution is 0.102. The number of benzene rings is 1. The molecule has 20 heavy (non-hydrogen) atoms. The monoisotopic (exact) mass is 282 g/mol. The number of aromatic nitrogens is 1. The van der Waals surface area contributed by atoms with Crippen molar-refractivity contribution >= 4 is 11.7 Å². The van der Waals surface area contributed by atoms with Crippen LogP contribution in [0.1, 0.15) is 15.9 Å². The Morgan fingerprint density at radius 3 is 2.65 bits per heavy atom. The zero-order chi connectivity index (χ0) is 14.7. The van der Waals surface area contributed by atoms with Crippen LogP contribution < -0.4 is 5.32 Å². The average Bonchev–Trinajstić information content (AvgIpc) is 2.45. The molecule has 104 valence electrons. The molecule has 0 aliphatic heterocycles. The van der Waals surface area contributed by atoms with Gasteiger partial charge in [-0.05, 0) is 29.8 Å². The highest BCUT2D eigenvalue weighted by Gasteiger charge is 2.19. The van der Waals surface area contributed by atoms with Gasteiger partial charge >= 0.3 is 0 Å². The van der Waals surface area contributed by atoms with Crippen molar-refractivity contribution in [1.29, 1.82) is 0 Å². The number of rotatable bonds is 3. The topological polar surface area (TPSA) is 62.2 Å². The number of hydrogen-bond acceptors (Lipinski definition) is 3. The molecule has 1 amide bonds. The van der Waals surface area contributed by atoms with Gasteiger partial charge in [-0.1, -0.05) is 0 Å². The predicted molar refractivity (Wildman–Crippen MR) is 64.4 cm³/mol. The molecule has 2 aromatic rings. The van der Waals surface area contributed by atoms with Crippen molar-refractivity contribution in [3.63, 3.8) is 0 Å². The Morgan fingerprint density at radius 1 is 1.20 bits per heavy atom. The van der Waals surface area contributed by atoms with Crippen molar-refractivity contribution in [3.05, 3.63) is 59.0 Å². The van der Waals surface area contributed by atoms with Crippen LogP contribution in [0.4, 0.5) is 19.0 Å². The van der Waals surface area contributed by atoms with Gasteiger partial charge in [-0.25, -0.2) is 18.2 Å². The summed E-state index contributed by atoms with van der Waals surface area (Å²) in [6.45, 7) is -0.259. The second kappa shape index (κ2) is 5.70. The summed E-state index contributed by atoms with van der Waals surface area (Å²) < 4.78 is 39.2. The quantitative estimate of drug-likeness (QED) is 0.849. The second-order valence-corrected chi connectivity index (χ2v) is 3.88. The third kappa shape index (κ3) is 2.77. The minimum atomic E-state index is -1.71. The molecule has 0 aliphatic rings. The maximum absolute atomic E-state index is 13.4. The Morgan fingerprint density at radius 2 is 1.95 bits per heavy atom. The van der Waals surface area contributed by atoms with Crippen LogP contribution in [0, 0.1) is 17.5 Å². The lowest BCUT2D eigenvalue weighted by atomic mass is 10.2. The summed E-state index contributed by atoms with van der Waals surface area (Å²) in [6, 6.07) is 4.38. The molecule has 0 saturated heterocycles. The smallest absolute Gasteiger partial charge is 0.259 e. The van der Waals surface area contributed by atoms with E-state index in [1.165, 1.54) is 18.3 Å². The molecule has 2 N–H and O–H groups in total. The fourth-order valence-corrected chi connectivity index (χ4v) is 1.53. The fourth-order valence-electron chi connectivity index (χ4n) is 1.53. The first-order valence-corrected chi connectivity index (χ1v) is 5.53. The Hall–Kier alpha value is -2.41. The zero-order valence-electron chi connectivity index (χ0n) is 10.0. The Bertz CT molecular complexity index is 662. The molecule has 0 aliphatic carbocycles. The van der Waals surface area contributed by atoms with Crippen LogP contribution in [0.25, 0.3) is 0 Å². The minimum absolute atomic E-state index is 0.0608. The van der Waals surface area contributed by atoms with Crippen LogP contribution in [0.15, 0.2) is 30.5 Å². The third-order valence-electron chi connectivity index (χ3n) is 2.53. The van der Waals surface area contributed by atoms with E-state index in [1.54, 1.807) is 0 Å². The Labute approximate surface area is 111 Å². The van der Waals surface area contributed by atoms with E-state index in [9.17, 15) is 18.0 Å². The Balaban J connectivity index is 2.26. The van der Waals surface area contributed by atoms with Gasteiger partial charge in [0.15, 0.2) is 17.5 Å². The summed E-state index contributed by atoms with van der Waals surface area (Å²) in [5.74, 6) is -5.57. The summed E-state index contributed by atoms with van der Waals surface area (Å²) in [5.41, 5.74) is -0.152. The summed E-state index contributed by atoms with van der Waals surface area (Å²) in [5, 5.41) is 11.2. The van der Waals surface area contributed by atoms with Gasteiger partial charge in [0.05, 0.1) is 12.2 Å². The maximum Gasteiger partial charge on any atom is 0.259 e. The predicted octanol–water partition coefficient (Wildman–Crippen LogP) is 2.24. The number of amides is 1. The van der Waals surface area contributed by atoms with Crippen LogP contribution in [0.3, 0.4) is 0 Å². The largest absolute Gasteiger partial charge is 0.392 e. The molecular weight excluding hydrogens is 273 g/mol. The van der Waals surface area contributed by atoms with Crippen molar-refractivity contribution < 1.29 is 23.1 Å². The first-order valence-electron chi connectivity index (χ1n) is 5.53. The van der Waals surface area contributed by atoms with E-state index < -0.39 is 28.9 Å². The van der Waals surface area contributed by atoms with Gasteiger partial charge in [0.25, 0.3) is 5.91 Å². The lowest BCUT2D eigenvalue weighted by Crippen LogP contribution is -2.16. The van der Waals surface area contributed by atoms with E-state index in [0.717, 1.165) is 6.07 Å². The summed E-state index contributed by atoms with van der Waals surface area (Å²) >= 11 is 0. The number of carbonyl (C=O) groups is 1. The summed E-state index contributed by atoms with van der Waals surface area (Å²) in [7, 11) is 0. The van der Waals surface area contributed by atoms with Crippen LogP contribution >= 0.6 is 0 Å². The molecular formula is C13H9F3N2O2. The van der Waals surface area contributed by atoms with Gasteiger partial charge in [0, 0.05) is 6.20 Å². The minimum Gasteiger partial charge on any atom is -0.392 e. The van der Waals surface area contributed by atoms with Gasteiger partial charge in [0.1, 0.15) is 5.82 Å². The molecule has 2 rings (SSSR count). The molecule has 0 fully saturated rings. The Kier molecular flexibility index (Phi) is 3.99. The van der Waals surface area contributed by atoms with Crippen molar-refractivity contribution in [2.24, 2.45) is 0 Å². The highest BCUT2D eigenvalue weighted by molar-refractivity contribution is 6.03. The molecule has 0 radical (unpaired) electrons. The van der Waals surface area contributed by atoms with Crippen molar-refractivity contribution in [2.75, 3.05) is 5.32 Å². The first-order chi connectivity index (χ1) is 9.52. The highest BCUT2D eigenvalue weighted by Crippen LogP contribution is 2.16. The number of aliphatic hydroxyl groups excluding tert-OH is 1. The van der Waals surface area contributed by atoms with Crippen molar-refractivity contribution in [3.8, 4) is 0 Å². The summed E-state index contributed by atoms with van der Waals surface area (Å²) in [6.07, 6.45) is 1.34. The molecule has 0 spiro atoms. The zero-order valence-corrected chi connectivity index (χ0v) is 10.0. The van der Waals surface area contributed by atoms with Gasteiger partial charge in [-0.15, -0.1) is 0 Å². The van der Waals surface area contributed by atoms with Crippen LogP contribution in [-0.4, -0.2) is 16.0 Å². The van der Waals surface area contributed by atoms with E-state index in [-0.39, 0.29) is 12.4 Å². The highest BCUT2D eigenvalue weighted by atomic mass is 19.2. The SMILES string of the molecule is O=C(Nc1cc(CO)ccn1)c1ccc(F)c(F)c1F. The van der Waals surface area contributed by atoms with Crippen LogP contribution in [0.2, 0.25) is 0 Å². The molecule has 4 nitrogen and oxygen atoms in total. The van der Waals surface area contributed by atoms with Crippen molar-refractivity contribution in [1.82, 2.24) is 4.98 Å². The van der Waals surface area contributed by atoms with E-state index in [4.69, 9.17) is 5.11 Å². The average molecular weight is 282 g/mol. The molecule has 7 heteroatoms. The molecule has 1 aromatic carbocycles. The van der Waals surface area contributed by atoms with Crippen LogP contribution in [0.5, 0.6) is 0 Å². The number of aliphatic hydroxyl groups is 1. The number of hydrogen-bond donors (Lipinski definition) is 2. The van der Waals surface area contributed by atoms with E-state index in [1.807, 2.05) is 0 Å². The molecule has 0 unspecified atom stereocenters. The first kappa shape index (κ1) is 14.0. The standard InChI is InChI=1S/C13H9F3N2O2/c14-9-2-1-8(11(15)12(9)16)13(20)18-10-5-7(6-19)3-4-17-10/h1-5,19H,6H2,(H,17,18,20).